The Morgan fingerprint density at radius 1 is 0.889 bits per heavy atom. The quantitative estimate of drug-likeness (QED) is 0.653. The van der Waals surface area contributed by atoms with E-state index >= 15 is 0 Å². The van der Waals surface area contributed by atoms with Crippen molar-refractivity contribution in [3.63, 3.8) is 0 Å². The summed E-state index contributed by atoms with van der Waals surface area (Å²) in [5.41, 5.74) is 6.74. The van der Waals surface area contributed by atoms with Crippen LogP contribution >= 0.6 is 0 Å². The molecule has 3 rings (SSSR count). The molecule has 2 aliphatic carbocycles. The topological polar surface area (TPSA) is 0 Å². The lowest BCUT2D eigenvalue weighted by atomic mass is 9.76. The summed E-state index contributed by atoms with van der Waals surface area (Å²) in [6, 6.07) is 5.18. The van der Waals surface area contributed by atoms with Crippen molar-refractivity contribution in [2.75, 3.05) is 0 Å². The Labute approximate surface area is 112 Å². The van der Waals surface area contributed by atoms with Crippen molar-refractivity contribution in [3.8, 4) is 0 Å². The predicted octanol–water partition coefficient (Wildman–Crippen LogP) is 5.35. The average Bonchev–Trinajstić information content (AvgIpc) is 3.11. The van der Waals surface area contributed by atoms with Gasteiger partial charge in [-0.2, -0.15) is 0 Å². The van der Waals surface area contributed by atoms with Crippen LogP contribution in [-0.2, 0) is 12.8 Å². The second-order valence-corrected chi connectivity index (χ2v) is 6.26. The van der Waals surface area contributed by atoms with Crippen molar-refractivity contribution in [2.24, 2.45) is 0 Å². The minimum Gasteiger partial charge on any atom is -0.0651 e. The highest BCUT2D eigenvalue weighted by Gasteiger charge is 2.31. The highest BCUT2D eigenvalue weighted by atomic mass is 14.4. The highest BCUT2D eigenvalue weighted by molar-refractivity contribution is 5.44. The molecule has 0 atom stereocenters. The molecule has 2 saturated carbocycles. The van der Waals surface area contributed by atoms with Crippen molar-refractivity contribution in [3.05, 3.63) is 34.4 Å². The highest BCUT2D eigenvalue weighted by Crippen LogP contribution is 2.48. The van der Waals surface area contributed by atoms with Crippen LogP contribution in [0.1, 0.15) is 86.5 Å². The van der Waals surface area contributed by atoms with Crippen LogP contribution in [0, 0.1) is 0 Å². The first kappa shape index (κ1) is 12.3. The number of hydrogen-bond donors (Lipinski definition) is 0. The molecular weight excluding hydrogens is 216 g/mol. The van der Waals surface area contributed by atoms with Gasteiger partial charge in [-0.25, -0.2) is 0 Å². The minimum atomic E-state index is 0.905. The molecule has 0 heteroatoms. The second kappa shape index (κ2) is 5.07. The molecule has 2 aliphatic rings. The van der Waals surface area contributed by atoms with Gasteiger partial charge in [-0.15, -0.1) is 0 Å². The van der Waals surface area contributed by atoms with Crippen molar-refractivity contribution in [2.45, 2.75) is 77.0 Å². The normalized spacial score (nSPS) is 19.9. The molecule has 18 heavy (non-hydrogen) atoms. The molecular formula is C18H26. The zero-order valence-corrected chi connectivity index (χ0v) is 12.0. The Balaban J connectivity index is 2.00. The zero-order chi connectivity index (χ0) is 12.5. The summed E-state index contributed by atoms with van der Waals surface area (Å²) in [5, 5.41) is 0. The Bertz CT molecular complexity index is 422. The SMILES string of the molecule is CCCc1cc(C2CCC2)c(C2CC2)cc1CC. The van der Waals surface area contributed by atoms with E-state index in [0.29, 0.717) is 0 Å². The van der Waals surface area contributed by atoms with E-state index in [1.807, 2.05) is 0 Å². The Kier molecular flexibility index (Phi) is 3.46. The fourth-order valence-corrected chi connectivity index (χ4v) is 3.38. The molecule has 0 heterocycles. The molecule has 0 saturated heterocycles. The summed E-state index contributed by atoms with van der Waals surface area (Å²) < 4.78 is 0. The Morgan fingerprint density at radius 2 is 1.50 bits per heavy atom. The van der Waals surface area contributed by atoms with E-state index in [1.54, 1.807) is 22.3 Å². The third-order valence-electron chi connectivity index (χ3n) is 4.87. The molecule has 1 aromatic rings. The lowest BCUT2D eigenvalue weighted by Gasteiger charge is -2.29. The lowest BCUT2D eigenvalue weighted by molar-refractivity contribution is 0.417. The molecule has 0 N–H and O–H groups in total. The summed E-state index contributed by atoms with van der Waals surface area (Å²) >= 11 is 0. The first-order chi connectivity index (χ1) is 8.83. The van der Waals surface area contributed by atoms with E-state index in [9.17, 15) is 0 Å². The largest absolute Gasteiger partial charge is 0.0651 e. The molecule has 0 unspecified atom stereocenters. The molecule has 2 fully saturated rings. The van der Waals surface area contributed by atoms with Gasteiger partial charge in [0.05, 0.1) is 0 Å². The molecule has 0 aromatic heterocycles. The van der Waals surface area contributed by atoms with Crippen LogP contribution in [0.2, 0.25) is 0 Å². The third kappa shape index (κ3) is 2.22. The Morgan fingerprint density at radius 3 is 1.94 bits per heavy atom. The average molecular weight is 242 g/mol. The van der Waals surface area contributed by atoms with Gasteiger partial charge >= 0.3 is 0 Å². The molecule has 98 valence electrons. The van der Waals surface area contributed by atoms with E-state index in [-0.39, 0.29) is 0 Å². The van der Waals surface area contributed by atoms with Crippen LogP contribution in [0.15, 0.2) is 12.1 Å². The molecule has 1 aromatic carbocycles. The minimum absolute atomic E-state index is 0.905. The van der Waals surface area contributed by atoms with E-state index in [2.05, 4.69) is 26.0 Å². The Hall–Kier alpha value is -0.780. The summed E-state index contributed by atoms with van der Waals surface area (Å²) in [4.78, 5) is 0. The van der Waals surface area contributed by atoms with Crippen LogP contribution in [0.3, 0.4) is 0 Å². The van der Waals surface area contributed by atoms with Crippen LogP contribution in [0.5, 0.6) is 0 Å². The zero-order valence-electron chi connectivity index (χ0n) is 12.0. The molecule has 0 spiro atoms. The maximum absolute atomic E-state index is 2.60. The van der Waals surface area contributed by atoms with Crippen molar-refractivity contribution >= 4 is 0 Å². The monoisotopic (exact) mass is 242 g/mol. The number of aryl methyl sites for hydroxylation is 2. The standard InChI is InChI=1S/C18H26/c1-3-6-16-12-18(14-7-5-8-14)17(15-9-10-15)11-13(16)4-2/h11-12,14-15H,3-10H2,1-2H3. The van der Waals surface area contributed by atoms with Gasteiger partial charge in [0.1, 0.15) is 0 Å². The van der Waals surface area contributed by atoms with Gasteiger partial charge in [-0.1, -0.05) is 38.8 Å². The number of rotatable bonds is 5. The summed E-state index contributed by atoms with van der Waals surface area (Å²) in [6.07, 6.45) is 11.0. The van der Waals surface area contributed by atoms with E-state index in [4.69, 9.17) is 0 Å². The smallest absolute Gasteiger partial charge is 0.0159 e. The summed E-state index contributed by atoms with van der Waals surface area (Å²) in [6.45, 7) is 4.62. The maximum Gasteiger partial charge on any atom is -0.0159 e. The third-order valence-corrected chi connectivity index (χ3v) is 4.87. The summed E-state index contributed by atoms with van der Waals surface area (Å²) in [7, 11) is 0. The molecule has 0 bridgehead atoms. The van der Waals surface area contributed by atoms with Crippen molar-refractivity contribution in [1.29, 1.82) is 0 Å². The molecule has 0 aliphatic heterocycles. The lowest BCUT2D eigenvalue weighted by Crippen LogP contribution is -2.12. The van der Waals surface area contributed by atoms with E-state index in [1.165, 1.54) is 51.4 Å². The van der Waals surface area contributed by atoms with Gasteiger partial charge in [0.2, 0.25) is 0 Å². The number of benzene rings is 1. The van der Waals surface area contributed by atoms with Crippen LogP contribution in [-0.4, -0.2) is 0 Å². The fraction of sp³-hybridized carbons (Fsp3) is 0.667. The molecule has 0 nitrogen and oxygen atoms in total. The van der Waals surface area contributed by atoms with Gasteiger partial charge < -0.3 is 0 Å². The van der Waals surface area contributed by atoms with Crippen LogP contribution < -0.4 is 0 Å². The van der Waals surface area contributed by atoms with E-state index < -0.39 is 0 Å². The van der Waals surface area contributed by atoms with Gasteiger partial charge in [0.15, 0.2) is 0 Å². The van der Waals surface area contributed by atoms with Crippen LogP contribution in [0.4, 0.5) is 0 Å². The maximum atomic E-state index is 2.60. The van der Waals surface area contributed by atoms with Crippen molar-refractivity contribution < 1.29 is 0 Å². The van der Waals surface area contributed by atoms with Crippen LogP contribution in [0.25, 0.3) is 0 Å². The van der Waals surface area contributed by atoms with Crippen molar-refractivity contribution in [1.82, 2.24) is 0 Å². The first-order valence-corrected chi connectivity index (χ1v) is 7.99. The fourth-order valence-electron chi connectivity index (χ4n) is 3.38. The molecule has 0 amide bonds. The van der Waals surface area contributed by atoms with Gasteiger partial charge in [-0.3, -0.25) is 0 Å². The van der Waals surface area contributed by atoms with Gasteiger partial charge in [0, 0.05) is 0 Å². The van der Waals surface area contributed by atoms with Gasteiger partial charge in [0.25, 0.3) is 0 Å². The second-order valence-electron chi connectivity index (χ2n) is 6.26. The number of hydrogen-bond acceptors (Lipinski definition) is 0. The van der Waals surface area contributed by atoms with E-state index in [0.717, 1.165) is 11.8 Å². The first-order valence-electron chi connectivity index (χ1n) is 7.99. The van der Waals surface area contributed by atoms with Gasteiger partial charge in [-0.05, 0) is 72.6 Å². The predicted molar refractivity (Wildman–Crippen MR) is 78.4 cm³/mol. The summed E-state index contributed by atoms with van der Waals surface area (Å²) in [5.74, 6) is 1.82. The molecule has 0 radical (unpaired) electrons.